The topological polar surface area (TPSA) is 92.3 Å². The monoisotopic (exact) mass is 442 g/mol. The molecule has 0 spiro atoms. The van der Waals surface area contributed by atoms with Crippen LogP contribution >= 0.6 is 11.3 Å². The van der Waals surface area contributed by atoms with E-state index in [1.807, 2.05) is 6.07 Å². The predicted octanol–water partition coefficient (Wildman–Crippen LogP) is 4.11. The Labute approximate surface area is 180 Å². The molecule has 0 unspecified atom stereocenters. The zero-order valence-electron chi connectivity index (χ0n) is 16.6. The molecule has 3 rings (SSSR count). The molecule has 0 aliphatic rings. The molecule has 0 radical (unpaired) electrons. The van der Waals surface area contributed by atoms with E-state index < -0.39 is 10.0 Å². The fraction of sp³-hybridized carbons (Fsp3) is 0.182. The normalized spacial score (nSPS) is 11.3. The molecular weight excluding hydrogens is 420 g/mol. The third kappa shape index (κ3) is 5.21. The van der Waals surface area contributed by atoms with Crippen LogP contribution in [0.5, 0.6) is 0 Å². The summed E-state index contributed by atoms with van der Waals surface area (Å²) in [5, 5.41) is 2.71. The van der Waals surface area contributed by atoms with Crippen molar-refractivity contribution in [2.75, 3.05) is 5.32 Å². The summed E-state index contributed by atoms with van der Waals surface area (Å²) in [6.45, 7) is 3.51. The maximum Gasteiger partial charge on any atom is 0.241 e. The van der Waals surface area contributed by atoms with Crippen molar-refractivity contribution < 1.29 is 18.0 Å². The Morgan fingerprint density at radius 2 is 1.73 bits per heavy atom. The zero-order valence-corrected chi connectivity index (χ0v) is 18.3. The van der Waals surface area contributed by atoms with Gasteiger partial charge in [0.25, 0.3) is 0 Å². The Bertz CT molecular complexity index is 1170. The lowest BCUT2D eigenvalue weighted by molar-refractivity contribution is -0.115. The Balaban J connectivity index is 1.69. The summed E-state index contributed by atoms with van der Waals surface area (Å²) in [5.74, 6) is -0.225. The SMILES string of the molecule is CCC(=O)Nc1ccc(S(=O)(=O)NCc2ccc(C(=O)c3ccccc3)s2)c(C)c1. The highest BCUT2D eigenvalue weighted by molar-refractivity contribution is 7.89. The molecule has 0 saturated heterocycles. The number of thiophene rings is 1. The minimum absolute atomic E-state index is 0.0861. The molecule has 2 aromatic carbocycles. The molecule has 0 fully saturated rings. The molecule has 0 saturated carbocycles. The highest BCUT2D eigenvalue weighted by Gasteiger charge is 2.18. The molecule has 30 heavy (non-hydrogen) atoms. The van der Waals surface area contributed by atoms with Gasteiger partial charge < -0.3 is 5.32 Å². The van der Waals surface area contributed by atoms with Crippen LogP contribution in [-0.2, 0) is 21.4 Å². The average Bonchev–Trinajstić information content (AvgIpc) is 3.21. The van der Waals surface area contributed by atoms with Crippen molar-refractivity contribution in [1.82, 2.24) is 4.72 Å². The molecule has 2 N–H and O–H groups in total. The van der Waals surface area contributed by atoms with Gasteiger partial charge in [-0.15, -0.1) is 11.3 Å². The van der Waals surface area contributed by atoms with Gasteiger partial charge in [-0.2, -0.15) is 0 Å². The summed E-state index contributed by atoms with van der Waals surface area (Å²) in [6, 6.07) is 17.1. The molecule has 156 valence electrons. The molecule has 1 aromatic heterocycles. The van der Waals surface area contributed by atoms with Crippen LogP contribution < -0.4 is 10.0 Å². The Morgan fingerprint density at radius 1 is 1.00 bits per heavy atom. The maximum atomic E-state index is 12.7. The highest BCUT2D eigenvalue weighted by Crippen LogP contribution is 2.23. The van der Waals surface area contributed by atoms with Crippen molar-refractivity contribution in [3.8, 4) is 0 Å². The summed E-state index contributed by atoms with van der Waals surface area (Å²) in [4.78, 5) is 25.5. The molecular formula is C22H22N2O4S2. The van der Waals surface area contributed by atoms with Crippen molar-refractivity contribution >= 4 is 38.7 Å². The lowest BCUT2D eigenvalue weighted by Crippen LogP contribution is -2.23. The average molecular weight is 443 g/mol. The maximum absolute atomic E-state index is 12.7. The molecule has 0 aliphatic heterocycles. The first-order valence-corrected chi connectivity index (χ1v) is 11.7. The first kappa shape index (κ1) is 21.9. The number of nitrogens with one attached hydrogen (secondary N) is 2. The molecule has 1 amide bonds. The third-order valence-electron chi connectivity index (χ3n) is 4.43. The summed E-state index contributed by atoms with van der Waals surface area (Å²) in [7, 11) is -3.74. The number of benzene rings is 2. The van der Waals surface area contributed by atoms with Gasteiger partial charge in [0.2, 0.25) is 21.7 Å². The van der Waals surface area contributed by atoms with E-state index in [-0.39, 0.29) is 23.1 Å². The highest BCUT2D eigenvalue weighted by atomic mass is 32.2. The van der Waals surface area contributed by atoms with E-state index in [1.54, 1.807) is 62.4 Å². The van der Waals surface area contributed by atoms with E-state index in [4.69, 9.17) is 0 Å². The number of rotatable bonds is 8. The van der Waals surface area contributed by atoms with Gasteiger partial charge in [-0.25, -0.2) is 13.1 Å². The van der Waals surface area contributed by atoms with Gasteiger partial charge in [0, 0.05) is 29.1 Å². The van der Waals surface area contributed by atoms with Crippen LogP contribution in [0.25, 0.3) is 0 Å². The van der Waals surface area contributed by atoms with Gasteiger partial charge in [0.05, 0.1) is 9.77 Å². The Kier molecular flexibility index (Phi) is 6.81. The van der Waals surface area contributed by atoms with Crippen LogP contribution in [0.2, 0.25) is 0 Å². The summed E-state index contributed by atoms with van der Waals surface area (Å²) in [5.41, 5.74) is 1.68. The van der Waals surface area contributed by atoms with Crippen LogP contribution in [0.3, 0.4) is 0 Å². The Hall–Kier alpha value is -2.81. The quantitative estimate of drug-likeness (QED) is 0.514. The number of anilines is 1. The minimum atomic E-state index is -3.74. The number of sulfonamides is 1. The van der Waals surface area contributed by atoms with E-state index in [0.717, 1.165) is 4.88 Å². The second kappa shape index (κ2) is 9.34. The number of carbonyl (C=O) groups excluding carboxylic acids is 2. The van der Waals surface area contributed by atoms with Crippen molar-refractivity contribution in [2.24, 2.45) is 0 Å². The van der Waals surface area contributed by atoms with Crippen molar-refractivity contribution in [2.45, 2.75) is 31.7 Å². The number of amides is 1. The number of aryl methyl sites for hydroxylation is 1. The van der Waals surface area contributed by atoms with E-state index in [9.17, 15) is 18.0 Å². The lowest BCUT2D eigenvalue weighted by Gasteiger charge is -2.11. The van der Waals surface area contributed by atoms with Gasteiger partial charge in [0.1, 0.15) is 0 Å². The third-order valence-corrected chi connectivity index (χ3v) is 7.07. The molecule has 6 nitrogen and oxygen atoms in total. The van der Waals surface area contributed by atoms with Crippen LogP contribution in [-0.4, -0.2) is 20.1 Å². The van der Waals surface area contributed by atoms with Crippen LogP contribution in [0.1, 0.15) is 39.0 Å². The van der Waals surface area contributed by atoms with Gasteiger partial charge in [-0.05, 0) is 42.8 Å². The van der Waals surface area contributed by atoms with Crippen LogP contribution in [0, 0.1) is 6.92 Å². The first-order chi connectivity index (χ1) is 14.3. The van der Waals surface area contributed by atoms with Crippen molar-refractivity contribution in [1.29, 1.82) is 0 Å². The fourth-order valence-corrected chi connectivity index (χ4v) is 5.08. The molecule has 3 aromatic rings. The van der Waals surface area contributed by atoms with E-state index in [1.165, 1.54) is 17.4 Å². The van der Waals surface area contributed by atoms with Crippen molar-refractivity contribution in [3.63, 3.8) is 0 Å². The molecule has 0 bridgehead atoms. The number of ketones is 1. The Morgan fingerprint density at radius 3 is 2.40 bits per heavy atom. The van der Waals surface area contributed by atoms with Gasteiger partial charge in [0.15, 0.2) is 0 Å². The molecule has 8 heteroatoms. The van der Waals surface area contributed by atoms with E-state index >= 15 is 0 Å². The predicted molar refractivity (Wildman–Crippen MR) is 118 cm³/mol. The second-order valence-electron chi connectivity index (χ2n) is 6.67. The van der Waals surface area contributed by atoms with E-state index in [0.29, 0.717) is 28.1 Å². The summed E-state index contributed by atoms with van der Waals surface area (Å²) in [6.07, 6.45) is 0.343. The van der Waals surface area contributed by atoms with E-state index in [2.05, 4.69) is 10.0 Å². The standard InChI is InChI=1S/C22H22N2O4S2/c1-3-21(25)24-17-9-12-20(15(2)13-17)30(27,28)23-14-18-10-11-19(29-18)22(26)16-7-5-4-6-8-16/h4-13,23H,3,14H2,1-2H3,(H,24,25). The van der Waals surface area contributed by atoms with Gasteiger partial charge >= 0.3 is 0 Å². The summed E-state index contributed by atoms with van der Waals surface area (Å²) >= 11 is 1.26. The minimum Gasteiger partial charge on any atom is -0.326 e. The number of carbonyl (C=O) groups is 2. The van der Waals surface area contributed by atoms with Crippen LogP contribution in [0.4, 0.5) is 5.69 Å². The van der Waals surface area contributed by atoms with Gasteiger partial charge in [-0.3, -0.25) is 9.59 Å². The van der Waals surface area contributed by atoms with Crippen molar-refractivity contribution in [3.05, 3.63) is 81.5 Å². The number of hydrogen-bond donors (Lipinski definition) is 2. The van der Waals surface area contributed by atoms with Crippen LogP contribution in [0.15, 0.2) is 65.6 Å². The number of hydrogen-bond acceptors (Lipinski definition) is 5. The molecule has 1 heterocycles. The largest absolute Gasteiger partial charge is 0.326 e. The second-order valence-corrected chi connectivity index (χ2v) is 9.57. The smallest absolute Gasteiger partial charge is 0.241 e. The summed E-state index contributed by atoms with van der Waals surface area (Å²) < 4.78 is 28.0. The molecule has 0 atom stereocenters. The molecule has 0 aliphatic carbocycles. The lowest BCUT2D eigenvalue weighted by atomic mass is 10.1. The first-order valence-electron chi connectivity index (χ1n) is 9.39. The van der Waals surface area contributed by atoms with Gasteiger partial charge in [-0.1, -0.05) is 37.3 Å². The fourth-order valence-electron chi connectivity index (χ4n) is 2.85. The zero-order chi connectivity index (χ0) is 21.7.